The van der Waals surface area contributed by atoms with Crippen LogP contribution in [-0.2, 0) is 4.79 Å². The van der Waals surface area contributed by atoms with Crippen LogP contribution in [0, 0.1) is 0 Å². The van der Waals surface area contributed by atoms with Crippen LogP contribution in [0.1, 0.15) is 33.6 Å². The molecule has 1 unspecified atom stereocenters. The first-order chi connectivity index (χ1) is 9.08. The SMILES string of the molecule is Nc1cccc2c1C(=O)N(CC1CCC(=O)N1)C2=O. The fraction of sp³-hybridized carbons (Fsp3) is 0.308. The number of nitrogens with two attached hydrogens (primary N) is 1. The molecule has 0 spiro atoms. The average Bonchev–Trinajstić information content (AvgIpc) is 2.88. The molecule has 1 saturated heterocycles. The summed E-state index contributed by atoms with van der Waals surface area (Å²) in [6, 6.07) is 4.69. The number of hydrogen-bond acceptors (Lipinski definition) is 4. The molecule has 19 heavy (non-hydrogen) atoms. The third-order valence-electron chi connectivity index (χ3n) is 3.52. The monoisotopic (exact) mass is 259 g/mol. The summed E-state index contributed by atoms with van der Waals surface area (Å²) < 4.78 is 0. The van der Waals surface area contributed by atoms with Crippen molar-refractivity contribution < 1.29 is 14.4 Å². The third kappa shape index (κ3) is 1.76. The number of carbonyl (C=O) groups excluding carboxylic acids is 3. The zero-order valence-corrected chi connectivity index (χ0v) is 10.2. The van der Waals surface area contributed by atoms with E-state index in [-0.39, 0.29) is 35.9 Å². The van der Waals surface area contributed by atoms with Crippen molar-refractivity contribution >= 4 is 23.4 Å². The molecule has 3 rings (SSSR count). The summed E-state index contributed by atoms with van der Waals surface area (Å²) in [6.45, 7) is 0.206. The molecule has 2 aliphatic rings. The van der Waals surface area contributed by atoms with Gasteiger partial charge in [0.15, 0.2) is 0 Å². The van der Waals surface area contributed by atoms with E-state index in [4.69, 9.17) is 5.73 Å². The van der Waals surface area contributed by atoms with Crippen LogP contribution in [0.25, 0.3) is 0 Å². The van der Waals surface area contributed by atoms with Crippen LogP contribution in [0.5, 0.6) is 0 Å². The van der Waals surface area contributed by atoms with Gasteiger partial charge in [-0.1, -0.05) is 6.07 Å². The van der Waals surface area contributed by atoms with E-state index in [1.54, 1.807) is 18.2 Å². The minimum Gasteiger partial charge on any atom is -0.398 e. The van der Waals surface area contributed by atoms with Gasteiger partial charge in [0.05, 0.1) is 11.1 Å². The largest absolute Gasteiger partial charge is 0.398 e. The number of nitrogen functional groups attached to an aromatic ring is 1. The van der Waals surface area contributed by atoms with Crippen molar-refractivity contribution in [1.82, 2.24) is 10.2 Å². The summed E-state index contributed by atoms with van der Waals surface area (Å²) in [4.78, 5) is 36.7. The summed E-state index contributed by atoms with van der Waals surface area (Å²) in [5.41, 5.74) is 6.68. The Kier molecular flexibility index (Phi) is 2.51. The molecule has 0 bridgehead atoms. The van der Waals surface area contributed by atoms with Crippen molar-refractivity contribution in [1.29, 1.82) is 0 Å². The Morgan fingerprint density at radius 2 is 2.05 bits per heavy atom. The van der Waals surface area contributed by atoms with E-state index in [9.17, 15) is 14.4 Å². The molecule has 1 fully saturated rings. The first kappa shape index (κ1) is 11.7. The highest BCUT2D eigenvalue weighted by molar-refractivity contribution is 6.23. The highest BCUT2D eigenvalue weighted by Crippen LogP contribution is 2.28. The lowest BCUT2D eigenvalue weighted by Gasteiger charge is -2.18. The van der Waals surface area contributed by atoms with E-state index in [1.807, 2.05) is 0 Å². The Balaban J connectivity index is 1.86. The lowest BCUT2D eigenvalue weighted by molar-refractivity contribution is -0.119. The van der Waals surface area contributed by atoms with Gasteiger partial charge in [-0.3, -0.25) is 19.3 Å². The second kappa shape index (κ2) is 4.08. The van der Waals surface area contributed by atoms with Crippen LogP contribution in [0.4, 0.5) is 5.69 Å². The number of amides is 3. The number of nitrogens with one attached hydrogen (secondary N) is 1. The topological polar surface area (TPSA) is 92.5 Å². The molecule has 2 aliphatic heterocycles. The normalized spacial score (nSPS) is 21.8. The van der Waals surface area contributed by atoms with Crippen LogP contribution in [-0.4, -0.2) is 35.2 Å². The lowest BCUT2D eigenvalue weighted by Crippen LogP contribution is -2.41. The number of hydrogen-bond donors (Lipinski definition) is 2. The van der Waals surface area contributed by atoms with Crippen LogP contribution in [0.2, 0.25) is 0 Å². The Morgan fingerprint density at radius 1 is 1.26 bits per heavy atom. The van der Waals surface area contributed by atoms with Crippen LogP contribution >= 0.6 is 0 Å². The highest BCUT2D eigenvalue weighted by atomic mass is 16.2. The molecule has 6 heteroatoms. The van der Waals surface area contributed by atoms with Crippen LogP contribution in [0.15, 0.2) is 18.2 Å². The number of carbonyl (C=O) groups is 3. The Bertz CT molecular complexity index is 597. The molecule has 2 heterocycles. The molecule has 98 valence electrons. The van der Waals surface area contributed by atoms with Gasteiger partial charge in [-0.25, -0.2) is 0 Å². The number of imide groups is 1. The summed E-state index contributed by atoms with van der Waals surface area (Å²) in [7, 11) is 0. The van der Waals surface area contributed by atoms with Gasteiger partial charge in [0.25, 0.3) is 11.8 Å². The van der Waals surface area contributed by atoms with Crippen LogP contribution < -0.4 is 11.1 Å². The number of anilines is 1. The first-order valence-corrected chi connectivity index (χ1v) is 6.12. The molecule has 0 aliphatic carbocycles. The Labute approximate surface area is 109 Å². The zero-order valence-electron chi connectivity index (χ0n) is 10.2. The molecule has 0 radical (unpaired) electrons. The van der Waals surface area contributed by atoms with Gasteiger partial charge in [-0.05, 0) is 18.6 Å². The molecular weight excluding hydrogens is 246 g/mol. The Hall–Kier alpha value is -2.37. The van der Waals surface area contributed by atoms with Gasteiger partial charge < -0.3 is 11.1 Å². The molecule has 3 amide bonds. The van der Waals surface area contributed by atoms with Gasteiger partial charge >= 0.3 is 0 Å². The number of benzene rings is 1. The van der Waals surface area contributed by atoms with Gasteiger partial charge in [-0.2, -0.15) is 0 Å². The van der Waals surface area contributed by atoms with Crippen molar-refractivity contribution in [3.8, 4) is 0 Å². The van der Waals surface area contributed by atoms with E-state index in [0.29, 0.717) is 24.1 Å². The second-order valence-electron chi connectivity index (χ2n) is 4.79. The quantitative estimate of drug-likeness (QED) is 0.584. The fourth-order valence-electron chi connectivity index (χ4n) is 2.56. The van der Waals surface area contributed by atoms with E-state index >= 15 is 0 Å². The predicted molar refractivity (Wildman–Crippen MR) is 67.4 cm³/mol. The zero-order chi connectivity index (χ0) is 13.6. The molecule has 3 N–H and O–H groups in total. The second-order valence-corrected chi connectivity index (χ2v) is 4.79. The van der Waals surface area contributed by atoms with Crippen molar-refractivity contribution in [2.24, 2.45) is 0 Å². The van der Waals surface area contributed by atoms with E-state index in [0.717, 1.165) is 4.90 Å². The number of nitrogens with zero attached hydrogens (tertiary/aromatic N) is 1. The number of rotatable bonds is 2. The fourth-order valence-corrected chi connectivity index (χ4v) is 2.56. The predicted octanol–water partition coefficient (Wildman–Crippen LogP) is 0.143. The summed E-state index contributed by atoms with van der Waals surface area (Å²) in [6.07, 6.45) is 1.08. The summed E-state index contributed by atoms with van der Waals surface area (Å²) in [5, 5.41) is 2.75. The van der Waals surface area contributed by atoms with Gasteiger partial charge in [0.2, 0.25) is 5.91 Å². The van der Waals surface area contributed by atoms with Crippen molar-refractivity contribution in [3.63, 3.8) is 0 Å². The van der Waals surface area contributed by atoms with Crippen LogP contribution in [0.3, 0.4) is 0 Å². The third-order valence-corrected chi connectivity index (χ3v) is 3.52. The maximum Gasteiger partial charge on any atom is 0.263 e. The molecule has 1 aromatic rings. The molecule has 6 nitrogen and oxygen atoms in total. The maximum atomic E-state index is 12.2. The summed E-state index contributed by atoms with van der Waals surface area (Å²) in [5.74, 6) is -0.756. The molecular formula is C13H13N3O3. The molecule has 1 aromatic carbocycles. The van der Waals surface area contributed by atoms with Gasteiger partial charge in [0.1, 0.15) is 0 Å². The van der Waals surface area contributed by atoms with Crippen molar-refractivity contribution in [2.75, 3.05) is 12.3 Å². The smallest absolute Gasteiger partial charge is 0.263 e. The number of fused-ring (bicyclic) bond motifs is 1. The van der Waals surface area contributed by atoms with E-state index < -0.39 is 0 Å². The standard InChI is InChI=1S/C13H13N3O3/c14-9-3-1-2-8-11(9)13(19)16(12(8)18)6-7-4-5-10(17)15-7/h1-3,7H,4-6,14H2,(H,15,17). The lowest BCUT2D eigenvalue weighted by atomic mass is 10.1. The van der Waals surface area contributed by atoms with Crippen molar-refractivity contribution in [2.45, 2.75) is 18.9 Å². The van der Waals surface area contributed by atoms with E-state index in [2.05, 4.69) is 5.32 Å². The first-order valence-electron chi connectivity index (χ1n) is 6.12. The summed E-state index contributed by atoms with van der Waals surface area (Å²) >= 11 is 0. The molecule has 0 aromatic heterocycles. The minimum atomic E-state index is -0.376. The molecule has 0 saturated carbocycles. The Morgan fingerprint density at radius 3 is 2.68 bits per heavy atom. The van der Waals surface area contributed by atoms with Crippen molar-refractivity contribution in [3.05, 3.63) is 29.3 Å². The van der Waals surface area contributed by atoms with E-state index in [1.165, 1.54) is 0 Å². The molecule has 1 atom stereocenters. The van der Waals surface area contributed by atoms with Gasteiger partial charge in [-0.15, -0.1) is 0 Å². The maximum absolute atomic E-state index is 12.2. The van der Waals surface area contributed by atoms with Gasteiger partial charge in [0, 0.05) is 24.7 Å². The average molecular weight is 259 g/mol. The minimum absolute atomic E-state index is 0.0406. The highest BCUT2D eigenvalue weighted by Gasteiger charge is 2.38.